The average Bonchev–Trinajstić information content (AvgIpc) is 2.47. The van der Waals surface area contributed by atoms with E-state index in [1.165, 1.54) is 35.9 Å². The van der Waals surface area contributed by atoms with Crippen LogP contribution < -0.4 is 0 Å². The third-order valence-electron chi connectivity index (χ3n) is 3.92. The third-order valence-corrected chi connectivity index (χ3v) is 5.17. The van der Waals surface area contributed by atoms with Gasteiger partial charge in [-0.3, -0.25) is 4.90 Å². The number of hydrogen-bond acceptors (Lipinski definition) is 3. The lowest BCUT2D eigenvalue weighted by Crippen LogP contribution is -2.33. The Balaban J connectivity index is 1.88. The lowest BCUT2D eigenvalue weighted by molar-refractivity contribution is 0.00695. The first-order chi connectivity index (χ1) is 10.4. The van der Waals surface area contributed by atoms with Gasteiger partial charge in [0, 0.05) is 11.0 Å². The molecule has 4 heteroatoms. The van der Waals surface area contributed by atoms with Crippen LogP contribution in [0, 0.1) is 5.92 Å². The van der Waals surface area contributed by atoms with Crippen molar-refractivity contribution in [3.05, 3.63) is 35.4 Å². The molecule has 0 radical (unpaired) electrons. The van der Waals surface area contributed by atoms with Crippen molar-refractivity contribution >= 4 is 28.6 Å². The number of esters is 1. The number of likely N-dealkylation sites (tertiary alicyclic amines) is 1. The number of benzene rings is 1. The molecule has 1 fully saturated rings. The van der Waals surface area contributed by atoms with Crippen LogP contribution in [0.1, 0.15) is 49.5 Å². The van der Waals surface area contributed by atoms with E-state index in [4.69, 9.17) is 4.74 Å². The molecular formula is C18H26INO2. The van der Waals surface area contributed by atoms with Crippen LogP contribution in [0.25, 0.3) is 0 Å². The Bertz CT molecular complexity index is 485. The molecular weight excluding hydrogens is 389 g/mol. The number of carbonyl (C=O) groups excluding carboxylic acids is 1. The topological polar surface area (TPSA) is 29.5 Å². The van der Waals surface area contributed by atoms with Gasteiger partial charge in [0.1, 0.15) is 5.60 Å². The highest BCUT2D eigenvalue weighted by Crippen LogP contribution is 2.21. The summed E-state index contributed by atoms with van der Waals surface area (Å²) in [5.74, 6) is 0.647. The van der Waals surface area contributed by atoms with E-state index >= 15 is 0 Å². The van der Waals surface area contributed by atoms with E-state index in [0.717, 1.165) is 12.5 Å². The lowest BCUT2D eigenvalue weighted by Gasteiger charge is -2.31. The fourth-order valence-corrected chi connectivity index (χ4v) is 3.52. The van der Waals surface area contributed by atoms with Gasteiger partial charge < -0.3 is 4.74 Å². The van der Waals surface area contributed by atoms with E-state index in [2.05, 4.69) is 27.5 Å². The fraction of sp³-hybridized carbons (Fsp3) is 0.611. The number of hydrogen-bond donors (Lipinski definition) is 0. The molecule has 1 aromatic rings. The molecule has 0 aliphatic carbocycles. The highest BCUT2D eigenvalue weighted by molar-refractivity contribution is 14.1. The minimum absolute atomic E-state index is 0.248. The van der Waals surface area contributed by atoms with Crippen LogP contribution in [-0.2, 0) is 11.3 Å². The van der Waals surface area contributed by atoms with Gasteiger partial charge in [0.05, 0.1) is 5.56 Å². The fourth-order valence-electron chi connectivity index (χ4n) is 2.64. The molecule has 1 aliphatic rings. The van der Waals surface area contributed by atoms with Crippen molar-refractivity contribution in [1.29, 1.82) is 0 Å². The Labute approximate surface area is 147 Å². The summed E-state index contributed by atoms with van der Waals surface area (Å²) >= 11 is 2.49. The zero-order chi connectivity index (χ0) is 16.2. The number of carbonyl (C=O) groups is 1. The maximum atomic E-state index is 12.0. The molecule has 22 heavy (non-hydrogen) atoms. The molecule has 1 heterocycles. The molecule has 0 bridgehead atoms. The first kappa shape index (κ1) is 17.7. The van der Waals surface area contributed by atoms with E-state index in [0.29, 0.717) is 5.56 Å². The Morgan fingerprint density at radius 1 is 1.23 bits per heavy atom. The average molecular weight is 415 g/mol. The van der Waals surface area contributed by atoms with Crippen molar-refractivity contribution in [2.24, 2.45) is 5.92 Å². The number of rotatable bonds is 4. The van der Waals surface area contributed by atoms with Gasteiger partial charge in [-0.15, -0.1) is 0 Å². The van der Waals surface area contributed by atoms with E-state index in [1.54, 1.807) is 0 Å². The molecule has 0 spiro atoms. The zero-order valence-electron chi connectivity index (χ0n) is 13.8. The highest BCUT2D eigenvalue weighted by atomic mass is 127. The predicted molar refractivity (Wildman–Crippen MR) is 98.5 cm³/mol. The third kappa shape index (κ3) is 5.54. The van der Waals surface area contributed by atoms with Crippen molar-refractivity contribution in [2.75, 3.05) is 17.5 Å². The van der Waals surface area contributed by atoms with Gasteiger partial charge in [0.15, 0.2) is 0 Å². The Hall–Kier alpha value is -0.620. The van der Waals surface area contributed by atoms with Gasteiger partial charge in [-0.25, -0.2) is 4.79 Å². The molecule has 2 rings (SSSR count). The van der Waals surface area contributed by atoms with Gasteiger partial charge in [-0.05, 0) is 70.3 Å². The smallest absolute Gasteiger partial charge is 0.338 e. The molecule has 3 nitrogen and oxygen atoms in total. The Morgan fingerprint density at radius 3 is 2.32 bits per heavy atom. The first-order valence-corrected chi connectivity index (χ1v) is 9.50. The van der Waals surface area contributed by atoms with Crippen molar-refractivity contribution < 1.29 is 9.53 Å². The molecule has 0 amide bonds. The van der Waals surface area contributed by atoms with E-state index in [-0.39, 0.29) is 5.97 Å². The van der Waals surface area contributed by atoms with Gasteiger partial charge in [-0.2, -0.15) is 0 Å². The van der Waals surface area contributed by atoms with Crippen LogP contribution in [0.4, 0.5) is 0 Å². The van der Waals surface area contributed by atoms with Gasteiger partial charge >= 0.3 is 5.97 Å². The largest absolute Gasteiger partial charge is 0.456 e. The molecule has 122 valence electrons. The molecule has 1 saturated heterocycles. The summed E-state index contributed by atoms with van der Waals surface area (Å²) in [5, 5.41) is 0. The van der Waals surface area contributed by atoms with Crippen molar-refractivity contribution in [3.8, 4) is 0 Å². The number of alkyl halides is 1. The van der Waals surface area contributed by atoms with Crippen molar-refractivity contribution in [2.45, 2.75) is 45.8 Å². The predicted octanol–water partition coefficient (Wildman–Crippen LogP) is 4.29. The normalized spacial score (nSPS) is 17.5. The summed E-state index contributed by atoms with van der Waals surface area (Å²) in [6, 6.07) is 7.84. The maximum Gasteiger partial charge on any atom is 0.338 e. The second kappa shape index (κ2) is 7.77. The molecule has 0 aromatic heterocycles. The van der Waals surface area contributed by atoms with Gasteiger partial charge in [-0.1, -0.05) is 34.7 Å². The number of ether oxygens (including phenoxy) is 1. The summed E-state index contributed by atoms with van der Waals surface area (Å²) in [4.78, 5) is 14.5. The summed E-state index contributed by atoms with van der Waals surface area (Å²) in [5.41, 5.74) is 1.45. The number of halogens is 1. The van der Waals surface area contributed by atoms with E-state index < -0.39 is 5.60 Å². The molecule has 1 aliphatic heterocycles. The number of nitrogens with zero attached hydrogens (tertiary/aromatic N) is 1. The van der Waals surface area contributed by atoms with Crippen LogP contribution in [0.5, 0.6) is 0 Å². The second-order valence-corrected chi connectivity index (χ2v) is 7.95. The summed E-state index contributed by atoms with van der Waals surface area (Å²) in [7, 11) is 0. The molecule has 0 unspecified atom stereocenters. The lowest BCUT2D eigenvalue weighted by atomic mass is 9.99. The minimum atomic E-state index is -0.446. The monoisotopic (exact) mass is 415 g/mol. The molecule has 0 N–H and O–H groups in total. The first-order valence-electron chi connectivity index (χ1n) is 7.98. The Morgan fingerprint density at radius 2 is 1.82 bits per heavy atom. The molecule has 1 aromatic carbocycles. The second-order valence-electron chi connectivity index (χ2n) is 7.07. The quantitative estimate of drug-likeness (QED) is 0.418. The SMILES string of the molecule is CC(C)(C)OC(=O)c1ccc(CN2CCC(CI)CC2)cc1. The van der Waals surface area contributed by atoms with Crippen LogP contribution >= 0.6 is 22.6 Å². The van der Waals surface area contributed by atoms with Crippen molar-refractivity contribution in [3.63, 3.8) is 0 Å². The summed E-state index contributed by atoms with van der Waals surface area (Å²) in [6.45, 7) is 9.00. The summed E-state index contributed by atoms with van der Waals surface area (Å²) < 4.78 is 6.66. The standard InChI is InChI=1S/C18H26INO2/c1-18(2,3)22-17(21)16-6-4-15(5-7-16)13-20-10-8-14(12-19)9-11-20/h4-7,14H,8-13H2,1-3H3. The van der Waals surface area contributed by atoms with Crippen LogP contribution in [0.15, 0.2) is 24.3 Å². The molecule has 0 atom stereocenters. The molecule has 0 saturated carbocycles. The van der Waals surface area contributed by atoms with Crippen molar-refractivity contribution in [1.82, 2.24) is 4.90 Å². The minimum Gasteiger partial charge on any atom is -0.456 e. The van der Waals surface area contributed by atoms with Crippen LogP contribution in [-0.4, -0.2) is 34.0 Å². The van der Waals surface area contributed by atoms with E-state index in [1.807, 2.05) is 45.0 Å². The highest BCUT2D eigenvalue weighted by Gasteiger charge is 2.19. The van der Waals surface area contributed by atoms with E-state index in [9.17, 15) is 4.79 Å². The van der Waals surface area contributed by atoms with Gasteiger partial charge in [0.25, 0.3) is 0 Å². The number of piperidine rings is 1. The van der Waals surface area contributed by atoms with Crippen LogP contribution in [0.2, 0.25) is 0 Å². The summed E-state index contributed by atoms with van der Waals surface area (Å²) in [6.07, 6.45) is 2.61. The Kier molecular flexibility index (Phi) is 6.26. The van der Waals surface area contributed by atoms with Gasteiger partial charge in [0.2, 0.25) is 0 Å². The maximum absolute atomic E-state index is 12.0. The van der Waals surface area contributed by atoms with Crippen LogP contribution in [0.3, 0.4) is 0 Å². The zero-order valence-corrected chi connectivity index (χ0v) is 15.9.